The number of rotatable bonds is 8. The normalized spacial score (nSPS) is 16.0. The molecule has 2 heterocycles. The van der Waals surface area contributed by atoms with Gasteiger partial charge in [0.05, 0.1) is 24.4 Å². The summed E-state index contributed by atoms with van der Waals surface area (Å²) >= 11 is 1.32. The summed E-state index contributed by atoms with van der Waals surface area (Å²) in [6.45, 7) is 0.225. The molecular formula is C16H20BN3O6S. The number of carbonyl (C=O) groups is 1. The Bertz CT molecular complexity index is 817. The van der Waals surface area contributed by atoms with Gasteiger partial charge in [0.15, 0.2) is 5.16 Å². The molecule has 1 aromatic carbocycles. The number of aliphatic carboxylic acids is 1. The van der Waals surface area contributed by atoms with Crippen LogP contribution in [-0.2, 0) is 24.4 Å². The van der Waals surface area contributed by atoms with Crippen molar-refractivity contribution in [2.75, 3.05) is 7.11 Å². The number of hydrogen-bond acceptors (Lipinski definition) is 8. The van der Waals surface area contributed by atoms with Crippen molar-refractivity contribution in [3.8, 4) is 11.5 Å². The first-order valence-electron chi connectivity index (χ1n) is 8.44. The maximum absolute atomic E-state index is 10.7. The number of ether oxygens (including phenoxy) is 1. The average molecular weight is 393 g/mol. The molecule has 0 spiro atoms. The molecule has 0 aliphatic carbocycles. The Morgan fingerprint density at radius 1 is 1.52 bits per heavy atom. The lowest BCUT2D eigenvalue weighted by Gasteiger charge is -2.28. The Morgan fingerprint density at radius 3 is 3.04 bits per heavy atom. The summed E-state index contributed by atoms with van der Waals surface area (Å²) in [5.74, 6) is 0.108. The zero-order valence-corrected chi connectivity index (χ0v) is 15.6. The van der Waals surface area contributed by atoms with E-state index in [4.69, 9.17) is 14.5 Å². The van der Waals surface area contributed by atoms with Crippen molar-refractivity contribution in [2.24, 2.45) is 0 Å². The molecule has 0 bridgehead atoms. The number of aromatic nitrogens is 3. The van der Waals surface area contributed by atoms with Gasteiger partial charge in [-0.15, -0.1) is 10.2 Å². The van der Waals surface area contributed by atoms with Gasteiger partial charge in [0, 0.05) is 13.0 Å². The second-order valence-corrected chi connectivity index (χ2v) is 7.27. The van der Waals surface area contributed by atoms with Crippen LogP contribution in [0.4, 0.5) is 0 Å². The van der Waals surface area contributed by atoms with Crippen LogP contribution in [0.5, 0.6) is 11.5 Å². The van der Waals surface area contributed by atoms with Gasteiger partial charge in [0.2, 0.25) is 0 Å². The highest BCUT2D eigenvalue weighted by Crippen LogP contribution is 2.39. The number of benzene rings is 1. The highest BCUT2D eigenvalue weighted by atomic mass is 32.2. The fraction of sp³-hybridized carbons (Fsp3) is 0.438. The molecule has 1 atom stereocenters. The quantitative estimate of drug-likeness (QED) is 0.557. The van der Waals surface area contributed by atoms with E-state index in [-0.39, 0.29) is 18.2 Å². The summed E-state index contributed by atoms with van der Waals surface area (Å²) in [7, 11) is 0.416. The minimum atomic E-state index is -1.09. The number of fused-ring (bicyclic) bond motifs is 1. The summed E-state index contributed by atoms with van der Waals surface area (Å²) in [5, 5.41) is 37.0. The number of aliphatic hydroxyl groups excluding tert-OH is 1. The van der Waals surface area contributed by atoms with Gasteiger partial charge in [0.1, 0.15) is 17.8 Å². The molecule has 144 valence electrons. The zero-order valence-electron chi connectivity index (χ0n) is 14.7. The SMILES string of the molecule is COc1ccc2c(c1CO)OB(O)[C@@H](Sc1nncn1CCCC(=O)O)C2. The van der Waals surface area contributed by atoms with Gasteiger partial charge in [-0.05, 0) is 24.5 Å². The van der Waals surface area contributed by atoms with Crippen LogP contribution < -0.4 is 9.39 Å². The predicted molar refractivity (Wildman–Crippen MR) is 97.8 cm³/mol. The molecule has 3 rings (SSSR count). The summed E-state index contributed by atoms with van der Waals surface area (Å²) in [6, 6.07) is 3.62. The molecule has 1 aliphatic heterocycles. The molecule has 9 nitrogen and oxygen atoms in total. The van der Waals surface area contributed by atoms with Gasteiger partial charge < -0.3 is 29.2 Å². The van der Waals surface area contributed by atoms with E-state index in [0.29, 0.717) is 41.6 Å². The van der Waals surface area contributed by atoms with Crippen molar-refractivity contribution in [1.82, 2.24) is 14.8 Å². The van der Waals surface area contributed by atoms with Gasteiger partial charge in [-0.2, -0.15) is 0 Å². The first-order valence-corrected chi connectivity index (χ1v) is 9.32. The Kier molecular flexibility index (Phi) is 6.24. The second-order valence-electron chi connectivity index (χ2n) is 6.07. The predicted octanol–water partition coefficient (Wildman–Crippen LogP) is 0.759. The highest BCUT2D eigenvalue weighted by molar-refractivity contribution is 8.01. The van der Waals surface area contributed by atoms with Crippen LogP contribution in [0.3, 0.4) is 0 Å². The Hall–Kier alpha value is -2.24. The number of aryl methyl sites for hydroxylation is 1. The number of nitrogens with zero attached hydrogens (tertiary/aromatic N) is 3. The van der Waals surface area contributed by atoms with Gasteiger partial charge in [-0.1, -0.05) is 17.8 Å². The van der Waals surface area contributed by atoms with Gasteiger partial charge >= 0.3 is 13.1 Å². The molecule has 27 heavy (non-hydrogen) atoms. The number of carboxylic acid groups (broad SMARTS) is 1. The molecule has 0 fully saturated rings. The summed E-state index contributed by atoms with van der Waals surface area (Å²) in [5.41, 5.74) is 1.37. The van der Waals surface area contributed by atoms with Crippen molar-refractivity contribution in [3.05, 3.63) is 29.6 Å². The first-order chi connectivity index (χ1) is 13.0. The Balaban J connectivity index is 1.73. The van der Waals surface area contributed by atoms with Gasteiger partial charge in [-0.25, -0.2) is 0 Å². The fourth-order valence-corrected chi connectivity index (χ4v) is 4.02. The minimum absolute atomic E-state index is 0.0661. The van der Waals surface area contributed by atoms with Gasteiger partial charge in [-0.3, -0.25) is 4.79 Å². The van der Waals surface area contributed by atoms with E-state index in [9.17, 15) is 14.9 Å². The van der Waals surface area contributed by atoms with Crippen molar-refractivity contribution >= 4 is 24.8 Å². The lowest BCUT2D eigenvalue weighted by atomic mass is 9.77. The maximum atomic E-state index is 10.7. The van der Waals surface area contributed by atoms with E-state index in [0.717, 1.165) is 5.56 Å². The van der Waals surface area contributed by atoms with Crippen molar-refractivity contribution in [2.45, 2.75) is 42.7 Å². The second kappa shape index (κ2) is 8.64. The van der Waals surface area contributed by atoms with E-state index in [1.807, 2.05) is 6.07 Å². The van der Waals surface area contributed by atoms with Crippen LogP contribution >= 0.6 is 11.8 Å². The smallest absolute Gasteiger partial charge is 0.535 e. The van der Waals surface area contributed by atoms with E-state index in [1.54, 1.807) is 17.0 Å². The van der Waals surface area contributed by atoms with Crippen molar-refractivity contribution in [1.29, 1.82) is 0 Å². The van der Waals surface area contributed by atoms with E-state index in [2.05, 4.69) is 10.2 Å². The van der Waals surface area contributed by atoms with Crippen LogP contribution in [0, 0.1) is 0 Å². The number of methoxy groups -OCH3 is 1. The fourth-order valence-electron chi connectivity index (χ4n) is 2.95. The molecule has 0 saturated heterocycles. The third-order valence-corrected chi connectivity index (χ3v) is 5.51. The highest BCUT2D eigenvalue weighted by Gasteiger charge is 2.38. The molecule has 0 radical (unpaired) electrons. The number of aliphatic hydroxyl groups is 1. The molecule has 11 heteroatoms. The van der Waals surface area contributed by atoms with E-state index >= 15 is 0 Å². The third-order valence-electron chi connectivity index (χ3n) is 4.28. The van der Waals surface area contributed by atoms with Crippen LogP contribution in [0.25, 0.3) is 0 Å². The minimum Gasteiger partial charge on any atom is -0.535 e. The first kappa shape index (κ1) is 19.5. The lowest BCUT2D eigenvalue weighted by Crippen LogP contribution is -2.40. The third kappa shape index (κ3) is 4.37. The number of carboxylic acids is 1. The molecule has 0 amide bonds. The molecule has 1 aromatic heterocycles. The monoisotopic (exact) mass is 393 g/mol. The zero-order chi connectivity index (χ0) is 19.4. The molecule has 1 aliphatic rings. The topological polar surface area (TPSA) is 127 Å². The summed E-state index contributed by atoms with van der Waals surface area (Å²) in [4.78, 5) is 10.7. The Morgan fingerprint density at radius 2 is 2.33 bits per heavy atom. The average Bonchev–Trinajstić information content (AvgIpc) is 3.08. The van der Waals surface area contributed by atoms with Gasteiger partial charge in [0.25, 0.3) is 0 Å². The van der Waals surface area contributed by atoms with E-state index < -0.39 is 13.1 Å². The molecule has 2 aromatic rings. The number of thioether (sulfide) groups is 1. The number of hydrogen-bond donors (Lipinski definition) is 3. The standard InChI is InChI=1S/C16H20BN3O6S/c1-25-12-5-4-10-7-13(17(24)26-15(10)11(12)8-21)27-16-19-18-9-20(16)6-2-3-14(22)23/h4-5,9,13,21,24H,2-3,6-8H2,1H3,(H,22,23)/t13-/m0/s1. The van der Waals surface area contributed by atoms with Crippen molar-refractivity contribution < 1.29 is 29.4 Å². The van der Waals surface area contributed by atoms with Crippen LogP contribution in [0.15, 0.2) is 23.6 Å². The molecule has 0 saturated carbocycles. The van der Waals surface area contributed by atoms with Crippen LogP contribution in [-0.4, -0.2) is 55.3 Å². The molecule has 3 N–H and O–H groups in total. The van der Waals surface area contributed by atoms with Crippen molar-refractivity contribution in [3.63, 3.8) is 0 Å². The van der Waals surface area contributed by atoms with E-state index in [1.165, 1.54) is 18.9 Å². The van der Waals surface area contributed by atoms with Crippen LogP contribution in [0.1, 0.15) is 24.0 Å². The molecular weight excluding hydrogens is 373 g/mol. The maximum Gasteiger partial charge on any atom is 0.537 e. The largest absolute Gasteiger partial charge is 0.537 e. The summed E-state index contributed by atoms with van der Waals surface area (Å²) < 4.78 is 12.7. The van der Waals surface area contributed by atoms with Crippen LogP contribution in [0.2, 0.25) is 0 Å². The molecule has 0 unspecified atom stereocenters. The summed E-state index contributed by atoms with van der Waals surface area (Å²) in [6.07, 6.45) is 2.59. The Labute approximate surface area is 160 Å². The lowest BCUT2D eigenvalue weighted by molar-refractivity contribution is -0.137.